The number of carbonyl (C=O) groups is 2. The van der Waals surface area contributed by atoms with Gasteiger partial charge in [-0.15, -0.1) is 0 Å². The Kier molecular flexibility index (Phi) is 7.76. The number of halogens is 1. The molecule has 1 N–H and O–H groups in total. The lowest BCUT2D eigenvalue weighted by atomic mass is 9.98. The molecule has 144 valence electrons. The molecule has 26 heavy (non-hydrogen) atoms. The maximum Gasteiger partial charge on any atom is 0.317 e. The van der Waals surface area contributed by atoms with Crippen molar-refractivity contribution >= 4 is 23.5 Å². The van der Waals surface area contributed by atoms with Gasteiger partial charge in [-0.2, -0.15) is 0 Å². The standard InChI is InChI=1S/C20H30ClN3O2/c1-4-16(5-2)19(25)24-12-10-18(11-13-24)22-20(26)23(3)14-15-6-8-17(21)9-7-15/h6-9,16,18H,4-5,10-14H2,1-3H3,(H,22,26). The van der Waals surface area contributed by atoms with E-state index < -0.39 is 0 Å². The van der Waals surface area contributed by atoms with Crippen molar-refractivity contribution in [2.75, 3.05) is 20.1 Å². The van der Waals surface area contributed by atoms with E-state index in [1.807, 2.05) is 29.2 Å². The normalized spacial score (nSPS) is 15.2. The first-order chi connectivity index (χ1) is 12.4. The Balaban J connectivity index is 1.78. The molecule has 1 aliphatic rings. The highest BCUT2D eigenvalue weighted by Crippen LogP contribution is 2.18. The van der Waals surface area contributed by atoms with Gasteiger partial charge in [-0.25, -0.2) is 4.79 Å². The Morgan fingerprint density at radius 2 is 1.77 bits per heavy atom. The number of nitrogens with one attached hydrogen (secondary N) is 1. The van der Waals surface area contributed by atoms with Gasteiger partial charge in [-0.05, 0) is 43.4 Å². The summed E-state index contributed by atoms with van der Waals surface area (Å²) in [5, 5.41) is 3.78. The number of hydrogen-bond acceptors (Lipinski definition) is 2. The van der Waals surface area contributed by atoms with E-state index in [1.54, 1.807) is 11.9 Å². The molecule has 5 nitrogen and oxygen atoms in total. The van der Waals surface area contributed by atoms with E-state index in [2.05, 4.69) is 19.2 Å². The fraction of sp³-hybridized carbons (Fsp3) is 0.600. The van der Waals surface area contributed by atoms with Gasteiger partial charge in [-0.3, -0.25) is 4.79 Å². The monoisotopic (exact) mass is 379 g/mol. The summed E-state index contributed by atoms with van der Waals surface area (Å²) in [6.07, 6.45) is 3.40. The molecule has 1 aliphatic heterocycles. The lowest BCUT2D eigenvalue weighted by Gasteiger charge is -2.35. The highest BCUT2D eigenvalue weighted by atomic mass is 35.5. The van der Waals surface area contributed by atoms with Crippen molar-refractivity contribution in [1.29, 1.82) is 0 Å². The van der Waals surface area contributed by atoms with Crippen molar-refractivity contribution in [2.24, 2.45) is 5.92 Å². The van der Waals surface area contributed by atoms with Gasteiger partial charge in [0.05, 0.1) is 0 Å². The molecule has 1 fully saturated rings. The van der Waals surface area contributed by atoms with Crippen LogP contribution in [0.5, 0.6) is 0 Å². The number of benzene rings is 1. The predicted molar refractivity (Wildman–Crippen MR) is 105 cm³/mol. The first-order valence-electron chi connectivity index (χ1n) is 9.49. The van der Waals surface area contributed by atoms with Crippen molar-refractivity contribution in [3.63, 3.8) is 0 Å². The van der Waals surface area contributed by atoms with Gasteiger partial charge in [0.15, 0.2) is 0 Å². The average molecular weight is 380 g/mol. The van der Waals surface area contributed by atoms with Gasteiger partial charge in [0.25, 0.3) is 0 Å². The van der Waals surface area contributed by atoms with Gasteiger partial charge in [0, 0.05) is 43.7 Å². The number of piperidine rings is 1. The SMILES string of the molecule is CCC(CC)C(=O)N1CCC(NC(=O)N(C)Cc2ccc(Cl)cc2)CC1. The van der Waals surface area contributed by atoms with Crippen LogP contribution >= 0.6 is 11.6 Å². The quantitative estimate of drug-likeness (QED) is 0.814. The zero-order chi connectivity index (χ0) is 19.1. The zero-order valence-corrected chi connectivity index (χ0v) is 16.8. The van der Waals surface area contributed by atoms with E-state index in [0.29, 0.717) is 11.6 Å². The van der Waals surface area contributed by atoms with Crippen LogP contribution < -0.4 is 5.32 Å². The van der Waals surface area contributed by atoms with Gasteiger partial charge in [-0.1, -0.05) is 37.6 Å². The van der Waals surface area contributed by atoms with E-state index in [-0.39, 0.29) is 23.9 Å². The Bertz CT molecular complexity index is 594. The highest BCUT2D eigenvalue weighted by molar-refractivity contribution is 6.30. The van der Waals surface area contributed by atoms with Gasteiger partial charge in [0.2, 0.25) is 5.91 Å². The molecule has 0 bridgehead atoms. The van der Waals surface area contributed by atoms with E-state index in [9.17, 15) is 9.59 Å². The van der Waals surface area contributed by atoms with Crippen LogP contribution in [-0.2, 0) is 11.3 Å². The number of carbonyl (C=O) groups excluding carboxylic acids is 2. The first-order valence-corrected chi connectivity index (χ1v) is 9.87. The second-order valence-corrected chi connectivity index (χ2v) is 7.48. The minimum atomic E-state index is -0.0790. The summed E-state index contributed by atoms with van der Waals surface area (Å²) in [4.78, 5) is 28.5. The molecular formula is C20H30ClN3O2. The number of rotatable bonds is 6. The third-order valence-corrected chi connectivity index (χ3v) is 5.40. The van der Waals surface area contributed by atoms with Gasteiger partial charge < -0.3 is 15.1 Å². The largest absolute Gasteiger partial charge is 0.342 e. The first kappa shape index (κ1) is 20.6. The second-order valence-electron chi connectivity index (χ2n) is 7.04. The Hall–Kier alpha value is -1.75. The van der Waals surface area contributed by atoms with Crippen LogP contribution in [0.15, 0.2) is 24.3 Å². The number of amides is 3. The second kappa shape index (κ2) is 9.81. The summed E-state index contributed by atoms with van der Waals surface area (Å²) in [5.41, 5.74) is 1.04. The number of likely N-dealkylation sites (tertiary alicyclic amines) is 1. The average Bonchev–Trinajstić information content (AvgIpc) is 2.65. The smallest absolute Gasteiger partial charge is 0.317 e. The summed E-state index contributed by atoms with van der Waals surface area (Å²) in [7, 11) is 1.79. The molecule has 0 aliphatic carbocycles. The summed E-state index contributed by atoms with van der Waals surface area (Å²) < 4.78 is 0. The number of urea groups is 1. The maximum absolute atomic E-state index is 12.4. The number of nitrogens with zero attached hydrogens (tertiary/aromatic N) is 2. The fourth-order valence-corrected chi connectivity index (χ4v) is 3.49. The van der Waals surface area contributed by atoms with Gasteiger partial charge in [0.1, 0.15) is 0 Å². The lowest BCUT2D eigenvalue weighted by molar-refractivity contribution is -0.136. The molecule has 1 aromatic carbocycles. The molecule has 1 aromatic rings. The van der Waals surface area contributed by atoms with E-state index in [1.165, 1.54) is 0 Å². The Morgan fingerprint density at radius 3 is 2.31 bits per heavy atom. The van der Waals surface area contributed by atoms with Gasteiger partial charge >= 0.3 is 6.03 Å². The summed E-state index contributed by atoms with van der Waals surface area (Å²) in [6, 6.07) is 7.55. The predicted octanol–water partition coefficient (Wildman–Crippen LogP) is 3.91. The molecule has 1 saturated heterocycles. The summed E-state index contributed by atoms with van der Waals surface area (Å²) in [6.45, 7) is 6.11. The molecule has 0 aromatic heterocycles. The van der Waals surface area contributed by atoms with Crippen molar-refractivity contribution in [3.05, 3.63) is 34.9 Å². The molecule has 0 saturated carbocycles. The van der Waals surface area contributed by atoms with E-state index >= 15 is 0 Å². The van der Waals surface area contributed by atoms with Crippen LogP contribution in [0.1, 0.15) is 45.1 Å². The highest BCUT2D eigenvalue weighted by Gasteiger charge is 2.27. The number of hydrogen-bond donors (Lipinski definition) is 1. The Morgan fingerprint density at radius 1 is 1.19 bits per heavy atom. The molecule has 0 spiro atoms. The molecule has 0 atom stereocenters. The summed E-state index contributed by atoms with van der Waals surface area (Å²) in [5.74, 6) is 0.395. The molecule has 6 heteroatoms. The third-order valence-electron chi connectivity index (χ3n) is 5.15. The van der Waals surface area contributed by atoms with E-state index in [0.717, 1.165) is 44.3 Å². The molecule has 3 amide bonds. The summed E-state index contributed by atoms with van der Waals surface area (Å²) >= 11 is 5.89. The Labute approximate surface area is 161 Å². The molecule has 0 unspecified atom stereocenters. The molecular weight excluding hydrogens is 350 g/mol. The van der Waals surface area contributed by atoms with Crippen LogP contribution in [-0.4, -0.2) is 47.9 Å². The molecule has 0 radical (unpaired) electrons. The topological polar surface area (TPSA) is 52.7 Å². The van der Waals surface area contributed by atoms with Crippen LogP contribution in [0.2, 0.25) is 5.02 Å². The van der Waals surface area contributed by atoms with Crippen molar-refractivity contribution in [2.45, 2.75) is 52.1 Å². The van der Waals surface area contributed by atoms with Crippen LogP contribution in [0.25, 0.3) is 0 Å². The van der Waals surface area contributed by atoms with Crippen LogP contribution in [0, 0.1) is 5.92 Å². The van der Waals surface area contributed by atoms with E-state index in [4.69, 9.17) is 11.6 Å². The fourth-order valence-electron chi connectivity index (χ4n) is 3.36. The molecule has 2 rings (SSSR count). The minimum Gasteiger partial charge on any atom is -0.342 e. The minimum absolute atomic E-state index is 0.0790. The zero-order valence-electron chi connectivity index (χ0n) is 16.0. The van der Waals surface area contributed by atoms with Crippen LogP contribution in [0.4, 0.5) is 4.79 Å². The van der Waals surface area contributed by atoms with Crippen molar-refractivity contribution < 1.29 is 9.59 Å². The lowest BCUT2D eigenvalue weighted by Crippen LogP contribution is -2.50. The van der Waals surface area contributed by atoms with Crippen molar-refractivity contribution in [1.82, 2.24) is 15.1 Å². The van der Waals surface area contributed by atoms with Crippen LogP contribution in [0.3, 0.4) is 0 Å². The van der Waals surface area contributed by atoms with Crippen molar-refractivity contribution in [3.8, 4) is 0 Å². The maximum atomic E-state index is 12.4. The third kappa shape index (κ3) is 5.63. The molecule has 1 heterocycles.